The van der Waals surface area contributed by atoms with Crippen molar-refractivity contribution in [2.24, 2.45) is 0 Å². The molecule has 0 heterocycles. The van der Waals surface area contributed by atoms with Gasteiger partial charge in [-0.3, -0.25) is 0 Å². The van der Waals surface area contributed by atoms with Crippen LogP contribution < -0.4 is 0 Å². The van der Waals surface area contributed by atoms with Gasteiger partial charge in [0, 0.05) is 9.15 Å². The van der Waals surface area contributed by atoms with E-state index in [1.807, 2.05) is 42.5 Å². The molecule has 3 heteroatoms. The highest BCUT2D eigenvalue weighted by molar-refractivity contribution is 14.1. The summed E-state index contributed by atoms with van der Waals surface area (Å²) in [7, 11) is 0. The molecule has 0 saturated carbocycles. The second-order valence-electron chi connectivity index (χ2n) is 5.15. The SMILES string of the molecule is Oc1ccc(C(=C([125I])c2ccccc2)c2ccc(O)cc2)cc1. The van der Waals surface area contributed by atoms with Crippen LogP contribution in [0.4, 0.5) is 0 Å². The van der Waals surface area contributed by atoms with Gasteiger partial charge in [-0.1, -0.05) is 54.6 Å². The molecule has 0 aliphatic rings. The van der Waals surface area contributed by atoms with Gasteiger partial charge in [0.1, 0.15) is 11.5 Å². The molecule has 0 saturated heterocycles. The Morgan fingerprint density at radius 1 is 0.565 bits per heavy atom. The van der Waals surface area contributed by atoms with Gasteiger partial charge in [-0.25, -0.2) is 0 Å². The zero-order valence-corrected chi connectivity index (χ0v) is 14.4. The molecule has 0 bridgehead atoms. The molecule has 114 valence electrons. The first-order chi connectivity index (χ1) is 11.1. The number of phenols is 2. The number of benzene rings is 3. The third-order valence-corrected chi connectivity index (χ3v) is 4.72. The summed E-state index contributed by atoms with van der Waals surface area (Å²) < 4.78 is 1.11. The second-order valence-corrected chi connectivity index (χ2v) is 6.23. The average molecular weight is 412 g/mol. The number of phenolic OH excluding ortho intramolecular Hbond substituents is 2. The molecule has 0 amide bonds. The maximum Gasteiger partial charge on any atom is 0.115 e. The van der Waals surface area contributed by atoms with Gasteiger partial charge < -0.3 is 10.2 Å². The Labute approximate surface area is 148 Å². The van der Waals surface area contributed by atoms with Crippen molar-refractivity contribution >= 4 is 31.7 Å². The zero-order valence-electron chi connectivity index (χ0n) is 12.3. The summed E-state index contributed by atoms with van der Waals surface area (Å²) in [5.74, 6) is 0.488. The van der Waals surface area contributed by atoms with Gasteiger partial charge in [-0.15, -0.1) is 0 Å². The number of aromatic hydroxyl groups is 2. The molecule has 0 radical (unpaired) electrons. The van der Waals surface area contributed by atoms with Crippen LogP contribution in [0.2, 0.25) is 0 Å². The van der Waals surface area contributed by atoms with Gasteiger partial charge in [-0.2, -0.15) is 0 Å². The minimum Gasteiger partial charge on any atom is -0.508 e. The maximum absolute atomic E-state index is 9.55. The first-order valence-corrected chi connectivity index (χ1v) is 8.27. The summed E-state index contributed by atoms with van der Waals surface area (Å²) in [5, 5.41) is 19.1. The van der Waals surface area contributed by atoms with E-state index in [0.717, 1.165) is 25.8 Å². The van der Waals surface area contributed by atoms with Crippen LogP contribution in [0.15, 0.2) is 78.9 Å². The van der Waals surface area contributed by atoms with Crippen LogP contribution in [-0.4, -0.2) is 10.2 Å². The van der Waals surface area contributed by atoms with Crippen LogP contribution in [0.5, 0.6) is 11.5 Å². The first-order valence-electron chi connectivity index (χ1n) is 7.19. The van der Waals surface area contributed by atoms with Gasteiger partial charge in [0.2, 0.25) is 0 Å². The molecule has 3 rings (SSSR count). The summed E-state index contributed by atoms with van der Waals surface area (Å²) >= 11 is 2.35. The van der Waals surface area contributed by atoms with Crippen LogP contribution in [0.25, 0.3) is 9.15 Å². The molecule has 0 fully saturated rings. The fourth-order valence-corrected chi connectivity index (χ4v) is 3.39. The summed E-state index contributed by atoms with van der Waals surface area (Å²) in [6.07, 6.45) is 0. The van der Waals surface area contributed by atoms with Crippen molar-refractivity contribution in [1.29, 1.82) is 0 Å². The van der Waals surface area contributed by atoms with E-state index in [2.05, 4.69) is 34.7 Å². The van der Waals surface area contributed by atoms with E-state index < -0.39 is 0 Å². The predicted molar refractivity (Wildman–Crippen MR) is 103 cm³/mol. The minimum absolute atomic E-state index is 0.244. The molecule has 3 aromatic carbocycles. The smallest absolute Gasteiger partial charge is 0.115 e. The van der Waals surface area contributed by atoms with E-state index in [4.69, 9.17) is 0 Å². The molecule has 0 aliphatic heterocycles. The van der Waals surface area contributed by atoms with E-state index in [1.54, 1.807) is 24.3 Å². The van der Waals surface area contributed by atoms with Gasteiger partial charge in [0.25, 0.3) is 0 Å². The van der Waals surface area contributed by atoms with Crippen molar-refractivity contribution in [3.05, 3.63) is 95.6 Å². The molecule has 0 atom stereocenters. The van der Waals surface area contributed by atoms with Crippen LogP contribution in [0, 0.1) is 0 Å². The second kappa shape index (κ2) is 6.87. The summed E-state index contributed by atoms with van der Waals surface area (Å²) in [5.41, 5.74) is 4.23. The lowest BCUT2D eigenvalue weighted by atomic mass is 9.95. The Morgan fingerprint density at radius 2 is 1.00 bits per heavy atom. The van der Waals surface area contributed by atoms with Crippen LogP contribution in [-0.2, 0) is 0 Å². The van der Waals surface area contributed by atoms with Crippen LogP contribution in [0.3, 0.4) is 0 Å². The maximum atomic E-state index is 9.55. The standard InChI is InChI=1S/C20H15IO2/c21-20(16-4-2-1-3-5-16)19(14-6-10-17(22)11-7-14)15-8-12-18(23)13-9-15/h1-13,22-23H/i21-2. The molecule has 23 heavy (non-hydrogen) atoms. The van der Waals surface area contributed by atoms with Crippen LogP contribution >= 0.6 is 22.6 Å². The minimum atomic E-state index is 0.244. The van der Waals surface area contributed by atoms with Crippen molar-refractivity contribution in [2.75, 3.05) is 0 Å². The third kappa shape index (κ3) is 3.56. The Balaban J connectivity index is 2.21. The Kier molecular flexibility index (Phi) is 4.67. The van der Waals surface area contributed by atoms with Crippen LogP contribution in [0.1, 0.15) is 16.7 Å². The molecular formula is C20H15IO2. The van der Waals surface area contributed by atoms with Gasteiger partial charge in [-0.05, 0) is 63.5 Å². The van der Waals surface area contributed by atoms with Crippen molar-refractivity contribution < 1.29 is 10.2 Å². The zero-order chi connectivity index (χ0) is 16.2. The van der Waals surface area contributed by atoms with E-state index in [9.17, 15) is 10.2 Å². The summed E-state index contributed by atoms with van der Waals surface area (Å²) in [6.45, 7) is 0. The van der Waals surface area contributed by atoms with Crippen molar-refractivity contribution in [2.45, 2.75) is 0 Å². The molecule has 0 aromatic heterocycles. The Hall–Kier alpha value is -2.27. The predicted octanol–water partition coefficient (Wildman–Crippen LogP) is 5.45. The average Bonchev–Trinajstić information content (AvgIpc) is 2.59. The number of hydrogen-bond donors (Lipinski definition) is 2. The number of hydrogen-bond acceptors (Lipinski definition) is 2. The molecule has 2 nitrogen and oxygen atoms in total. The number of rotatable bonds is 3. The topological polar surface area (TPSA) is 40.5 Å². The van der Waals surface area contributed by atoms with Crippen molar-refractivity contribution in [1.82, 2.24) is 0 Å². The molecule has 0 aliphatic carbocycles. The van der Waals surface area contributed by atoms with Crippen molar-refractivity contribution in [3.63, 3.8) is 0 Å². The normalized spacial score (nSPS) is 10.3. The third-order valence-electron chi connectivity index (χ3n) is 3.56. The lowest BCUT2D eigenvalue weighted by molar-refractivity contribution is 0.475. The highest BCUT2D eigenvalue weighted by Crippen LogP contribution is 2.37. The molecule has 0 unspecified atom stereocenters. The lowest BCUT2D eigenvalue weighted by Gasteiger charge is -2.13. The molecule has 0 spiro atoms. The highest BCUT2D eigenvalue weighted by Gasteiger charge is 2.12. The molecular weight excluding hydrogens is 397 g/mol. The van der Waals surface area contributed by atoms with Gasteiger partial charge in [0.15, 0.2) is 0 Å². The Morgan fingerprint density at radius 3 is 1.43 bits per heavy atom. The van der Waals surface area contributed by atoms with E-state index in [-0.39, 0.29) is 11.5 Å². The largest absolute Gasteiger partial charge is 0.508 e. The quantitative estimate of drug-likeness (QED) is 0.444. The monoisotopic (exact) mass is 412 g/mol. The van der Waals surface area contributed by atoms with Crippen molar-refractivity contribution in [3.8, 4) is 11.5 Å². The summed E-state index contributed by atoms with van der Waals surface area (Å²) in [4.78, 5) is 0. The molecule has 2 N–H and O–H groups in total. The van der Waals surface area contributed by atoms with Gasteiger partial charge in [0.05, 0.1) is 0 Å². The highest BCUT2D eigenvalue weighted by atomic mass is 125. The van der Waals surface area contributed by atoms with E-state index >= 15 is 0 Å². The first kappa shape index (κ1) is 15.6. The summed E-state index contributed by atoms with van der Waals surface area (Å²) in [6, 6.07) is 24.5. The fraction of sp³-hybridized carbons (Fsp3) is 0. The van der Waals surface area contributed by atoms with Gasteiger partial charge >= 0.3 is 0 Å². The van der Waals surface area contributed by atoms with E-state index in [0.29, 0.717) is 0 Å². The van der Waals surface area contributed by atoms with E-state index in [1.165, 1.54) is 0 Å². The number of halogens is 1. The lowest BCUT2D eigenvalue weighted by Crippen LogP contribution is -1.91. The Bertz CT molecular complexity index is 772. The fourth-order valence-electron chi connectivity index (χ4n) is 2.41. The molecule has 3 aromatic rings.